The predicted molar refractivity (Wildman–Crippen MR) is 88.7 cm³/mol. The van der Waals surface area contributed by atoms with E-state index in [0.29, 0.717) is 12.5 Å². The minimum absolute atomic E-state index is 0.372. The molecule has 1 fully saturated rings. The van der Waals surface area contributed by atoms with Crippen molar-refractivity contribution in [2.24, 2.45) is 0 Å². The van der Waals surface area contributed by atoms with Crippen molar-refractivity contribution in [3.05, 3.63) is 0 Å². The molecule has 0 aromatic carbocycles. The zero-order valence-electron chi connectivity index (χ0n) is 14.1. The number of aliphatic carboxylic acids is 1. The molecule has 0 aromatic heterocycles. The van der Waals surface area contributed by atoms with Gasteiger partial charge in [-0.1, -0.05) is 71.1 Å². The second-order valence-corrected chi connectivity index (χ2v) is 6.99. The topological polar surface area (TPSA) is 49.3 Å². The van der Waals surface area contributed by atoms with Gasteiger partial charge in [0, 0.05) is 6.04 Å². The van der Waals surface area contributed by atoms with Gasteiger partial charge in [-0.15, -0.1) is 0 Å². The van der Waals surface area contributed by atoms with Gasteiger partial charge in [0.2, 0.25) is 0 Å². The van der Waals surface area contributed by atoms with E-state index < -0.39 is 11.5 Å². The van der Waals surface area contributed by atoms with Crippen LogP contribution in [-0.4, -0.2) is 22.7 Å². The van der Waals surface area contributed by atoms with E-state index in [9.17, 15) is 9.90 Å². The average Bonchev–Trinajstić information content (AvgIpc) is 2.42. The van der Waals surface area contributed by atoms with E-state index in [1.807, 2.05) is 6.92 Å². The molecule has 1 aliphatic carbocycles. The van der Waals surface area contributed by atoms with Crippen LogP contribution in [0.1, 0.15) is 97.3 Å². The summed E-state index contributed by atoms with van der Waals surface area (Å²) in [4.78, 5) is 11.6. The minimum atomic E-state index is -0.753. The quantitative estimate of drug-likeness (QED) is 0.759. The summed E-state index contributed by atoms with van der Waals surface area (Å²) in [5, 5.41) is 13.0. The normalized spacial score (nSPS) is 22.8. The monoisotopic (exact) mass is 297 g/mol. The zero-order valence-corrected chi connectivity index (χ0v) is 14.1. The number of hydrogen-bond acceptors (Lipinski definition) is 2. The summed E-state index contributed by atoms with van der Waals surface area (Å²) in [6.07, 6.45) is 15.8. The molecule has 21 heavy (non-hydrogen) atoms. The fraction of sp³-hybridized carbons (Fsp3) is 0.944. The van der Waals surface area contributed by atoms with E-state index in [0.717, 1.165) is 19.3 Å². The molecule has 0 radical (unpaired) electrons. The van der Waals surface area contributed by atoms with Crippen molar-refractivity contribution in [1.29, 1.82) is 0 Å². The Morgan fingerprint density at radius 2 is 1.43 bits per heavy atom. The summed E-state index contributed by atoms with van der Waals surface area (Å²) in [5.41, 5.74) is -0.753. The van der Waals surface area contributed by atoms with Crippen molar-refractivity contribution in [2.75, 3.05) is 0 Å². The van der Waals surface area contributed by atoms with Crippen molar-refractivity contribution in [2.45, 2.75) is 109 Å². The third-order valence-corrected chi connectivity index (χ3v) is 4.85. The Labute approximate surface area is 130 Å². The van der Waals surface area contributed by atoms with Crippen LogP contribution in [0, 0.1) is 0 Å². The van der Waals surface area contributed by atoms with Crippen LogP contribution in [0.4, 0.5) is 0 Å². The first kappa shape index (κ1) is 18.5. The molecule has 1 unspecified atom stereocenters. The number of hydrogen-bond donors (Lipinski definition) is 2. The van der Waals surface area contributed by atoms with Gasteiger partial charge < -0.3 is 5.11 Å². The van der Waals surface area contributed by atoms with E-state index in [4.69, 9.17) is 0 Å². The van der Waals surface area contributed by atoms with Crippen molar-refractivity contribution in [3.8, 4) is 0 Å². The Morgan fingerprint density at radius 3 is 1.81 bits per heavy atom. The summed E-state index contributed by atoms with van der Waals surface area (Å²) in [5.74, 6) is -0.699. The van der Waals surface area contributed by atoms with Crippen LogP contribution in [0.15, 0.2) is 0 Å². The third-order valence-electron chi connectivity index (χ3n) is 4.85. The van der Waals surface area contributed by atoms with Gasteiger partial charge in [0.1, 0.15) is 5.54 Å². The molecule has 3 heteroatoms. The highest BCUT2D eigenvalue weighted by molar-refractivity contribution is 5.78. The van der Waals surface area contributed by atoms with Crippen LogP contribution in [0.5, 0.6) is 0 Å². The highest BCUT2D eigenvalue weighted by atomic mass is 16.4. The molecule has 2 N–H and O–H groups in total. The Hall–Kier alpha value is -0.570. The molecule has 0 saturated heterocycles. The number of nitrogens with one attached hydrogen (secondary N) is 1. The largest absolute Gasteiger partial charge is 0.480 e. The molecule has 124 valence electrons. The summed E-state index contributed by atoms with van der Waals surface area (Å²) in [7, 11) is 0. The maximum absolute atomic E-state index is 11.6. The van der Waals surface area contributed by atoms with Gasteiger partial charge in [-0.3, -0.25) is 10.1 Å². The van der Waals surface area contributed by atoms with Crippen molar-refractivity contribution < 1.29 is 9.90 Å². The lowest BCUT2D eigenvalue weighted by Crippen LogP contribution is -2.53. The van der Waals surface area contributed by atoms with E-state index in [2.05, 4.69) is 12.2 Å². The van der Waals surface area contributed by atoms with E-state index in [1.54, 1.807) is 0 Å². The molecule has 0 amide bonds. The van der Waals surface area contributed by atoms with Gasteiger partial charge in [0.15, 0.2) is 0 Å². The second kappa shape index (κ2) is 10.2. The highest BCUT2D eigenvalue weighted by Gasteiger charge is 2.33. The maximum atomic E-state index is 11.6. The van der Waals surface area contributed by atoms with Crippen LogP contribution in [-0.2, 0) is 4.79 Å². The smallest absolute Gasteiger partial charge is 0.323 e. The minimum Gasteiger partial charge on any atom is -0.480 e. The molecule has 0 bridgehead atoms. The summed E-state index contributed by atoms with van der Waals surface area (Å²) in [6.45, 7) is 3.92. The summed E-state index contributed by atoms with van der Waals surface area (Å²) < 4.78 is 0. The first-order valence-electron chi connectivity index (χ1n) is 9.09. The number of rotatable bonds is 5. The first-order valence-corrected chi connectivity index (χ1v) is 9.09. The van der Waals surface area contributed by atoms with Gasteiger partial charge in [0.05, 0.1) is 0 Å². The Bertz CT molecular complexity index is 281. The van der Waals surface area contributed by atoms with Crippen molar-refractivity contribution >= 4 is 5.97 Å². The van der Waals surface area contributed by atoms with Gasteiger partial charge >= 0.3 is 5.97 Å². The highest BCUT2D eigenvalue weighted by Crippen LogP contribution is 2.21. The molecule has 0 aromatic rings. The molecule has 0 aliphatic heterocycles. The SMILES string of the molecule is CCCC(C)(NC1CCCCCCCCCCC1)C(=O)O. The van der Waals surface area contributed by atoms with Gasteiger partial charge in [-0.25, -0.2) is 0 Å². The molecule has 1 rings (SSSR count). The van der Waals surface area contributed by atoms with Crippen LogP contribution in [0.2, 0.25) is 0 Å². The molecule has 0 spiro atoms. The maximum Gasteiger partial charge on any atom is 0.323 e. The molecule has 0 heterocycles. The molecule has 1 atom stereocenters. The standard InChI is InChI=1S/C18H35NO2/c1-3-15-18(2,17(20)21)19-16-13-11-9-7-5-4-6-8-10-12-14-16/h16,19H,3-15H2,1-2H3,(H,20,21). The van der Waals surface area contributed by atoms with Gasteiger partial charge in [0.25, 0.3) is 0 Å². The van der Waals surface area contributed by atoms with Crippen LogP contribution in [0.25, 0.3) is 0 Å². The fourth-order valence-corrected chi connectivity index (χ4v) is 3.50. The fourth-order valence-electron chi connectivity index (χ4n) is 3.50. The molecule has 1 saturated carbocycles. The Balaban J connectivity index is 2.55. The Morgan fingerprint density at radius 1 is 1.00 bits per heavy atom. The van der Waals surface area contributed by atoms with Gasteiger partial charge in [-0.05, 0) is 26.2 Å². The van der Waals surface area contributed by atoms with E-state index in [1.165, 1.54) is 57.8 Å². The van der Waals surface area contributed by atoms with Crippen LogP contribution in [0.3, 0.4) is 0 Å². The third kappa shape index (κ3) is 7.30. The molecular weight excluding hydrogens is 262 g/mol. The van der Waals surface area contributed by atoms with Crippen molar-refractivity contribution in [3.63, 3.8) is 0 Å². The lowest BCUT2D eigenvalue weighted by atomic mass is 9.91. The van der Waals surface area contributed by atoms with Crippen LogP contribution >= 0.6 is 0 Å². The molecule has 1 aliphatic rings. The predicted octanol–water partition coefficient (Wildman–Crippen LogP) is 4.89. The lowest BCUT2D eigenvalue weighted by molar-refractivity contribution is -0.145. The summed E-state index contributed by atoms with van der Waals surface area (Å²) in [6, 6.07) is 0.372. The average molecular weight is 297 g/mol. The second-order valence-electron chi connectivity index (χ2n) is 6.99. The summed E-state index contributed by atoms with van der Waals surface area (Å²) >= 11 is 0. The number of carboxylic acids is 1. The lowest BCUT2D eigenvalue weighted by Gasteiger charge is -2.32. The molecular formula is C18H35NO2. The first-order chi connectivity index (χ1) is 10.1. The molecule has 3 nitrogen and oxygen atoms in total. The number of carbonyl (C=O) groups is 1. The van der Waals surface area contributed by atoms with E-state index >= 15 is 0 Å². The van der Waals surface area contributed by atoms with Gasteiger partial charge in [-0.2, -0.15) is 0 Å². The van der Waals surface area contributed by atoms with Crippen LogP contribution < -0.4 is 5.32 Å². The zero-order chi connectivity index (χ0) is 15.6. The number of carboxylic acid groups (broad SMARTS) is 1. The van der Waals surface area contributed by atoms with E-state index in [-0.39, 0.29) is 0 Å². The Kier molecular flexibility index (Phi) is 8.98. The van der Waals surface area contributed by atoms with Crippen molar-refractivity contribution in [1.82, 2.24) is 5.32 Å².